The number of methoxy groups -OCH3 is 2. The highest BCUT2D eigenvalue weighted by Gasteiger charge is 2.20. The molecule has 0 radical (unpaired) electrons. The van der Waals surface area contributed by atoms with Crippen LogP contribution in [0, 0.1) is 0 Å². The minimum Gasteiger partial charge on any atom is -0.467 e. The first-order valence-corrected chi connectivity index (χ1v) is 6.43. The largest absolute Gasteiger partial charge is 0.467 e. The van der Waals surface area contributed by atoms with E-state index in [0.717, 1.165) is 0 Å². The zero-order valence-corrected chi connectivity index (χ0v) is 12.2. The smallest absolute Gasteiger partial charge is 0.268 e. The number of carbonyl (C=O) groups excluding carboxylic acids is 1. The third-order valence-electron chi connectivity index (χ3n) is 3.08. The summed E-state index contributed by atoms with van der Waals surface area (Å²) in [5.41, 5.74) is 2.56. The van der Waals surface area contributed by atoms with Crippen molar-refractivity contribution in [2.45, 2.75) is 19.5 Å². The lowest BCUT2D eigenvalue weighted by Gasteiger charge is -2.27. The van der Waals surface area contributed by atoms with Crippen molar-refractivity contribution in [1.29, 1.82) is 0 Å². The van der Waals surface area contributed by atoms with Crippen molar-refractivity contribution < 1.29 is 18.7 Å². The quantitative estimate of drug-likeness (QED) is 0.387. The average molecular weight is 285 g/mol. The van der Waals surface area contributed by atoms with Crippen LogP contribution in [0.4, 0.5) is 0 Å². The molecule has 0 aliphatic heterocycles. The maximum atomic E-state index is 11.6. The number of amides is 1. The van der Waals surface area contributed by atoms with Gasteiger partial charge in [0.15, 0.2) is 0 Å². The van der Waals surface area contributed by atoms with Gasteiger partial charge in [0.05, 0.1) is 31.6 Å². The first-order chi connectivity index (χ1) is 9.63. The molecule has 1 unspecified atom stereocenters. The van der Waals surface area contributed by atoms with E-state index in [1.165, 1.54) is 6.26 Å². The van der Waals surface area contributed by atoms with E-state index in [4.69, 9.17) is 19.7 Å². The van der Waals surface area contributed by atoms with Crippen molar-refractivity contribution in [2.75, 3.05) is 34.0 Å². The number of nitrogens with two attached hydrogens (primary N) is 1. The molecule has 0 spiro atoms. The summed E-state index contributed by atoms with van der Waals surface area (Å²) in [5.74, 6) is 5.37. The first kappa shape index (κ1) is 16.6. The summed E-state index contributed by atoms with van der Waals surface area (Å²) in [6.45, 7) is 4.43. The van der Waals surface area contributed by atoms with Crippen molar-refractivity contribution >= 4 is 5.91 Å². The second-order valence-electron chi connectivity index (χ2n) is 4.50. The lowest BCUT2D eigenvalue weighted by atomic mass is 10.2. The van der Waals surface area contributed by atoms with Crippen LogP contribution in [0.1, 0.15) is 23.0 Å². The molecule has 1 rings (SSSR count). The Morgan fingerprint density at radius 1 is 1.50 bits per heavy atom. The molecule has 7 nitrogen and oxygen atoms in total. The number of hydrogen-bond donors (Lipinski definition) is 2. The van der Waals surface area contributed by atoms with E-state index >= 15 is 0 Å². The number of nitrogens with one attached hydrogen (secondary N) is 1. The van der Waals surface area contributed by atoms with Crippen LogP contribution in [-0.2, 0) is 16.0 Å². The van der Waals surface area contributed by atoms with E-state index in [9.17, 15) is 4.79 Å². The van der Waals surface area contributed by atoms with Gasteiger partial charge in [-0.1, -0.05) is 0 Å². The van der Waals surface area contributed by atoms with Crippen LogP contribution in [-0.4, -0.2) is 50.8 Å². The maximum absolute atomic E-state index is 11.6. The van der Waals surface area contributed by atoms with Gasteiger partial charge >= 0.3 is 0 Å². The molecule has 0 saturated carbocycles. The number of ether oxygens (including phenoxy) is 2. The van der Waals surface area contributed by atoms with Crippen LogP contribution < -0.4 is 11.3 Å². The Hall–Kier alpha value is -1.41. The molecule has 1 atom stereocenters. The summed E-state index contributed by atoms with van der Waals surface area (Å²) in [4.78, 5) is 13.7. The molecule has 0 bridgehead atoms. The molecule has 1 aromatic heterocycles. The van der Waals surface area contributed by atoms with E-state index < -0.39 is 0 Å². The summed E-state index contributed by atoms with van der Waals surface area (Å²) in [7, 11) is 3.31. The SMILES string of the molecule is COCCN(Cc1occc1C(=O)NN)C(C)COC. The third-order valence-corrected chi connectivity index (χ3v) is 3.08. The van der Waals surface area contributed by atoms with Crippen molar-refractivity contribution in [3.05, 3.63) is 23.7 Å². The number of furan rings is 1. The van der Waals surface area contributed by atoms with Crippen LogP contribution in [0.2, 0.25) is 0 Å². The molecule has 20 heavy (non-hydrogen) atoms. The van der Waals surface area contributed by atoms with E-state index in [0.29, 0.717) is 37.6 Å². The molecule has 7 heteroatoms. The Kier molecular flexibility index (Phi) is 7.24. The van der Waals surface area contributed by atoms with Gasteiger partial charge in [0.25, 0.3) is 5.91 Å². The predicted octanol–water partition coefficient (Wildman–Crippen LogP) is 0.366. The van der Waals surface area contributed by atoms with E-state index in [1.54, 1.807) is 20.3 Å². The molecule has 0 fully saturated rings. The fourth-order valence-corrected chi connectivity index (χ4v) is 1.94. The molecule has 0 aromatic carbocycles. The molecule has 1 amide bonds. The Bertz CT molecular complexity index is 408. The summed E-state index contributed by atoms with van der Waals surface area (Å²) >= 11 is 0. The molecule has 1 aromatic rings. The normalized spacial score (nSPS) is 12.7. The van der Waals surface area contributed by atoms with Gasteiger partial charge in [0, 0.05) is 26.8 Å². The van der Waals surface area contributed by atoms with Gasteiger partial charge in [0.2, 0.25) is 0 Å². The Morgan fingerprint density at radius 3 is 2.85 bits per heavy atom. The van der Waals surface area contributed by atoms with Gasteiger partial charge in [-0.05, 0) is 13.0 Å². The second-order valence-corrected chi connectivity index (χ2v) is 4.50. The van der Waals surface area contributed by atoms with Crippen LogP contribution in [0.15, 0.2) is 16.7 Å². The van der Waals surface area contributed by atoms with E-state index in [2.05, 4.69) is 10.3 Å². The maximum Gasteiger partial charge on any atom is 0.268 e. The number of nitrogen functional groups attached to an aromatic ring is 1. The number of carbonyl (C=O) groups is 1. The van der Waals surface area contributed by atoms with Gasteiger partial charge in [-0.25, -0.2) is 5.84 Å². The summed E-state index contributed by atoms with van der Waals surface area (Å²) < 4.78 is 15.7. The average Bonchev–Trinajstić information content (AvgIpc) is 2.90. The highest BCUT2D eigenvalue weighted by Crippen LogP contribution is 2.15. The van der Waals surface area contributed by atoms with Crippen molar-refractivity contribution in [2.24, 2.45) is 5.84 Å². The molecule has 1 heterocycles. The highest BCUT2D eigenvalue weighted by atomic mass is 16.5. The molecule has 0 saturated heterocycles. The number of rotatable bonds is 9. The van der Waals surface area contributed by atoms with Gasteiger partial charge in [-0.15, -0.1) is 0 Å². The van der Waals surface area contributed by atoms with Crippen LogP contribution >= 0.6 is 0 Å². The van der Waals surface area contributed by atoms with Gasteiger partial charge in [-0.3, -0.25) is 15.1 Å². The topological polar surface area (TPSA) is 90.0 Å². The van der Waals surface area contributed by atoms with E-state index in [-0.39, 0.29) is 11.9 Å². The molecular formula is C13H23N3O4. The minimum absolute atomic E-state index is 0.175. The lowest BCUT2D eigenvalue weighted by Crippen LogP contribution is -2.38. The fraction of sp³-hybridized carbons (Fsp3) is 0.615. The molecule has 0 aliphatic rings. The Balaban J connectivity index is 2.78. The monoisotopic (exact) mass is 285 g/mol. The molecular weight excluding hydrogens is 262 g/mol. The third kappa shape index (κ3) is 4.61. The molecule has 3 N–H and O–H groups in total. The summed E-state index contributed by atoms with van der Waals surface area (Å²) in [6, 6.07) is 1.78. The van der Waals surface area contributed by atoms with E-state index in [1.807, 2.05) is 6.92 Å². The van der Waals surface area contributed by atoms with Gasteiger partial charge in [0.1, 0.15) is 5.76 Å². The predicted molar refractivity (Wildman–Crippen MR) is 74.0 cm³/mol. The number of hydrazine groups is 1. The first-order valence-electron chi connectivity index (χ1n) is 6.43. The van der Waals surface area contributed by atoms with Crippen molar-refractivity contribution in [3.63, 3.8) is 0 Å². The van der Waals surface area contributed by atoms with Crippen LogP contribution in [0.5, 0.6) is 0 Å². The fourth-order valence-electron chi connectivity index (χ4n) is 1.94. The number of nitrogens with zero attached hydrogens (tertiary/aromatic N) is 1. The highest BCUT2D eigenvalue weighted by molar-refractivity contribution is 5.94. The standard InChI is InChI=1S/C13H23N3O4/c1-10(9-19-3)16(5-7-18-2)8-12-11(4-6-20-12)13(17)15-14/h4,6,10H,5,7-9,14H2,1-3H3,(H,15,17). The Labute approximate surface area is 119 Å². The van der Waals surface area contributed by atoms with Gasteiger partial charge in [-0.2, -0.15) is 0 Å². The van der Waals surface area contributed by atoms with Crippen LogP contribution in [0.25, 0.3) is 0 Å². The molecule has 114 valence electrons. The summed E-state index contributed by atoms with van der Waals surface area (Å²) in [5, 5.41) is 0. The zero-order chi connectivity index (χ0) is 15.0. The van der Waals surface area contributed by atoms with Crippen LogP contribution in [0.3, 0.4) is 0 Å². The van der Waals surface area contributed by atoms with Gasteiger partial charge < -0.3 is 13.9 Å². The number of hydrogen-bond acceptors (Lipinski definition) is 6. The zero-order valence-electron chi connectivity index (χ0n) is 12.2. The summed E-state index contributed by atoms with van der Waals surface area (Å²) in [6.07, 6.45) is 1.48. The second kappa shape index (κ2) is 8.70. The lowest BCUT2D eigenvalue weighted by molar-refractivity contribution is 0.0659. The molecule has 0 aliphatic carbocycles. The van der Waals surface area contributed by atoms with Crippen molar-refractivity contribution in [3.8, 4) is 0 Å². The Morgan fingerprint density at radius 2 is 2.25 bits per heavy atom. The van der Waals surface area contributed by atoms with Crippen molar-refractivity contribution in [1.82, 2.24) is 10.3 Å². The minimum atomic E-state index is -0.361.